The number of nitrogens with two attached hydrogens (primary N) is 2. The van der Waals surface area contributed by atoms with E-state index in [2.05, 4.69) is 14.7 Å². The van der Waals surface area contributed by atoms with Crippen LogP contribution >= 0.6 is 0 Å². The van der Waals surface area contributed by atoms with Crippen molar-refractivity contribution in [2.75, 3.05) is 13.1 Å². The summed E-state index contributed by atoms with van der Waals surface area (Å²) in [6, 6.07) is 5.50. The van der Waals surface area contributed by atoms with Gasteiger partial charge in [0, 0.05) is 19.5 Å². The maximum absolute atomic E-state index is 13.1. The first-order valence-corrected chi connectivity index (χ1v) is 11.5. The molecule has 180 valence electrons. The highest BCUT2D eigenvalue weighted by Gasteiger charge is 2.38. The van der Waals surface area contributed by atoms with Gasteiger partial charge in [-0.25, -0.2) is 4.79 Å². The number of nitrogens with one attached hydrogen (secondary N) is 1. The minimum absolute atomic E-state index is 0.0566. The average molecular weight is 481 g/mol. The predicted molar refractivity (Wildman–Crippen MR) is 119 cm³/mol. The zero-order chi connectivity index (χ0) is 24.4. The second-order valence-corrected chi connectivity index (χ2v) is 8.21. The first kappa shape index (κ1) is 25.8. The molecule has 6 N–H and O–H groups in total. The van der Waals surface area contributed by atoms with Crippen molar-refractivity contribution in [2.24, 2.45) is 20.8 Å². The molecular formula is C20H28N6O6S. The monoisotopic (exact) mass is 480 g/mol. The summed E-state index contributed by atoms with van der Waals surface area (Å²) in [6.07, 6.45) is 1.33. The summed E-state index contributed by atoms with van der Waals surface area (Å²) in [5, 5.41) is 11.9. The molecule has 1 aliphatic rings. The van der Waals surface area contributed by atoms with E-state index in [9.17, 15) is 27.9 Å². The van der Waals surface area contributed by atoms with E-state index in [1.54, 1.807) is 30.3 Å². The molecule has 0 bridgehead atoms. The highest BCUT2D eigenvalue weighted by molar-refractivity contribution is 7.61. The van der Waals surface area contributed by atoms with Crippen molar-refractivity contribution < 1.29 is 27.9 Å². The van der Waals surface area contributed by atoms with E-state index in [4.69, 9.17) is 11.5 Å². The van der Waals surface area contributed by atoms with E-state index in [-0.39, 0.29) is 31.9 Å². The predicted octanol–water partition coefficient (Wildman–Crippen LogP) is -0.726. The molecular weight excluding hydrogens is 452 g/mol. The summed E-state index contributed by atoms with van der Waals surface area (Å²) in [7, 11) is -2.81. The van der Waals surface area contributed by atoms with Crippen LogP contribution in [-0.2, 0) is 31.3 Å². The third kappa shape index (κ3) is 8.18. The zero-order valence-corrected chi connectivity index (χ0v) is 18.8. The summed E-state index contributed by atoms with van der Waals surface area (Å²) >= 11 is 0. The first-order valence-electron chi connectivity index (χ1n) is 10.4. The summed E-state index contributed by atoms with van der Waals surface area (Å²) in [5.74, 6) is -2.54. The summed E-state index contributed by atoms with van der Waals surface area (Å²) in [5.41, 5.74) is 11.2. The topological polar surface area (TPSA) is 198 Å². The highest BCUT2D eigenvalue weighted by atomic mass is 32.2. The van der Waals surface area contributed by atoms with E-state index >= 15 is 0 Å². The van der Waals surface area contributed by atoms with Gasteiger partial charge in [-0.1, -0.05) is 30.3 Å². The quantitative estimate of drug-likeness (QED) is 0.180. The number of hydrogen-bond acceptors (Lipinski definition) is 7. The molecule has 13 heteroatoms. The van der Waals surface area contributed by atoms with Gasteiger partial charge in [-0.05, 0) is 31.2 Å². The van der Waals surface area contributed by atoms with Gasteiger partial charge in [-0.2, -0.15) is 12.8 Å². The van der Waals surface area contributed by atoms with Crippen LogP contribution in [0.15, 0.2) is 39.7 Å². The second kappa shape index (κ2) is 12.5. The lowest BCUT2D eigenvalue weighted by molar-refractivity contribution is -0.144. The number of amides is 2. The number of guanidine groups is 1. The van der Waals surface area contributed by atoms with Crippen molar-refractivity contribution in [3.05, 3.63) is 35.9 Å². The fraction of sp³-hybridized carbons (Fsp3) is 0.500. The van der Waals surface area contributed by atoms with E-state index in [0.29, 0.717) is 19.3 Å². The molecule has 1 heterocycles. The van der Waals surface area contributed by atoms with Gasteiger partial charge in [0.05, 0.1) is 0 Å². The number of likely N-dealkylation sites (tertiary alicyclic amines) is 1. The third-order valence-electron chi connectivity index (χ3n) is 5.17. The van der Waals surface area contributed by atoms with Crippen molar-refractivity contribution in [2.45, 2.75) is 50.2 Å². The number of carboxylic acids is 1. The van der Waals surface area contributed by atoms with Crippen LogP contribution in [0.5, 0.6) is 0 Å². The van der Waals surface area contributed by atoms with Gasteiger partial charge < -0.3 is 26.8 Å². The molecule has 1 aliphatic heterocycles. The number of aliphatic imine (C=N–C) groups is 1. The standard InChI is InChI=1S/C20H28N6O6S/c21-20(22)23-10-4-8-14(19(29)30)24-17(27)16-9-5-11-26(16)18(28)15(25-33(31)32)12-13-6-2-1-3-7-13/h1-3,6-7,14-16H,4-5,8-12H2,(H,24,27)(H,29,30)(H4,21,22,23)/t14-,15+,16-/m0/s1. The van der Waals surface area contributed by atoms with Crippen LogP contribution in [-0.4, -0.2) is 73.4 Å². The highest BCUT2D eigenvalue weighted by Crippen LogP contribution is 2.21. The number of carbonyl (C=O) groups excluding carboxylic acids is 2. The third-order valence-corrected chi connectivity index (χ3v) is 5.60. The minimum Gasteiger partial charge on any atom is -0.480 e. The largest absolute Gasteiger partial charge is 0.480 e. The Kier molecular flexibility index (Phi) is 9.79. The van der Waals surface area contributed by atoms with Crippen LogP contribution in [0.1, 0.15) is 31.2 Å². The Bertz CT molecular complexity index is 1000. The molecule has 3 atom stereocenters. The van der Waals surface area contributed by atoms with Gasteiger partial charge in [-0.3, -0.25) is 14.6 Å². The lowest BCUT2D eigenvalue weighted by Crippen LogP contribution is -2.52. The molecule has 12 nitrogen and oxygen atoms in total. The van der Waals surface area contributed by atoms with E-state index in [1.807, 2.05) is 0 Å². The number of carboxylic acid groups (broad SMARTS) is 1. The van der Waals surface area contributed by atoms with E-state index < -0.39 is 46.4 Å². The smallest absolute Gasteiger partial charge is 0.326 e. The average Bonchev–Trinajstić information content (AvgIpc) is 3.25. The molecule has 2 rings (SSSR count). The molecule has 0 unspecified atom stereocenters. The van der Waals surface area contributed by atoms with Gasteiger partial charge in [0.2, 0.25) is 11.8 Å². The molecule has 0 aliphatic carbocycles. The molecule has 1 fully saturated rings. The normalized spacial score (nSPS) is 17.0. The van der Waals surface area contributed by atoms with Crippen molar-refractivity contribution in [3.8, 4) is 0 Å². The van der Waals surface area contributed by atoms with Gasteiger partial charge in [0.1, 0.15) is 18.1 Å². The molecule has 0 spiro atoms. The number of carbonyl (C=O) groups is 3. The Balaban J connectivity index is 2.10. The molecule has 1 aromatic carbocycles. The van der Waals surface area contributed by atoms with Crippen molar-refractivity contribution in [1.29, 1.82) is 0 Å². The molecule has 2 amide bonds. The minimum atomic E-state index is -2.81. The number of nitrogens with zero attached hydrogens (tertiary/aromatic N) is 3. The van der Waals surface area contributed by atoms with Crippen LogP contribution in [0.25, 0.3) is 0 Å². The van der Waals surface area contributed by atoms with Crippen molar-refractivity contribution >= 4 is 34.2 Å². The van der Waals surface area contributed by atoms with Crippen LogP contribution in [0, 0.1) is 0 Å². The fourth-order valence-corrected chi connectivity index (χ4v) is 4.01. The molecule has 0 aromatic heterocycles. The Labute approximate surface area is 192 Å². The fourth-order valence-electron chi connectivity index (χ4n) is 3.63. The second-order valence-electron chi connectivity index (χ2n) is 7.57. The zero-order valence-electron chi connectivity index (χ0n) is 18.0. The molecule has 1 aromatic rings. The van der Waals surface area contributed by atoms with Crippen molar-refractivity contribution in [3.63, 3.8) is 0 Å². The number of benzene rings is 1. The Morgan fingerprint density at radius 3 is 2.52 bits per heavy atom. The Hall–Kier alpha value is -3.48. The van der Waals surface area contributed by atoms with Crippen LogP contribution in [0.2, 0.25) is 0 Å². The van der Waals surface area contributed by atoms with Crippen LogP contribution in [0.3, 0.4) is 0 Å². The number of aliphatic carboxylic acids is 1. The van der Waals surface area contributed by atoms with E-state index in [1.165, 1.54) is 4.90 Å². The number of rotatable bonds is 11. The van der Waals surface area contributed by atoms with Gasteiger partial charge in [0.25, 0.3) is 0 Å². The summed E-state index contributed by atoms with van der Waals surface area (Å²) in [6.45, 7) is 0.455. The molecule has 1 saturated heterocycles. The van der Waals surface area contributed by atoms with E-state index in [0.717, 1.165) is 5.56 Å². The van der Waals surface area contributed by atoms with Gasteiger partial charge in [0.15, 0.2) is 5.96 Å². The van der Waals surface area contributed by atoms with Crippen molar-refractivity contribution in [1.82, 2.24) is 10.2 Å². The number of hydrogen-bond donors (Lipinski definition) is 4. The Morgan fingerprint density at radius 2 is 1.91 bits per heavy atom. The van der Waals surface area contributed by atoms with Crippen LogP contribution < -0.4 is 16.8 Å². The molecule has 0 radical (unpaired) electrons. The Morgan fingerprint density at radius 1 is 1.21 bits per heavy atom. The molecule has 33 heavy (non-hydrogen) atoms. The van der Waals surface area contributed by atoms with Gasteiger partial charge >= 0.3 is 16.5 Å². The van der Waals surface area contributed by atoms with Gasteiger partial charge in [-0.15, -0.1) is 0 Å². The lowest BCUT2D eigenvalue weighted by Gasteiger charge is -2.27. The maximum Gasteiger partial charge on any atom is 0.326 e. The van der Waals surface area contributed by atoms with Crippen LogP contribution in [0.4, 0.5) is 0 Å². The first-order chi connectivity index (χ1) is 15.7. The molecule has 0 saturated carbocycles. The SMILES string of the molecule is NC(N)=NCCC[C@H](NC(=O)[C@@H]1CCCN1C(=O)[C@@H](Cc1ccccc1)N=S(=O)=O)C(=O)O. The maximum atomic E-state index is 13.1. The summed E-state index contributed by atoms with van der Waals surface area (Å²) < 4.78 is 26.0. The lowest BCUT2D eigenvalue weighted by atomic mass is 10.0. The summed E-state index contributed by atoms with van der Waals surface area (Å²) in [4.78, 5) is 42.6.